The van der Waals surface area contributed by atoms with Gasteiger partial charge in [-0.15, -0.1) is 5.10 Å². The lowest BCUT2D eigenvalue weighted by Crippen LogP contribution is -2.21. The van der Waals surface area contributed by atoms with E-state index in [1.165, 1.54) is 10.9 Å². The quantitative estimate of drug-likeness (QED) is 0.778. The van der Waals surface area contributed by atoms with Crippen LogP contribution in [0, 0.1) is 0 Å². The summed E-state index contributed by atoms with van der Waals surface area (Å²) in [5, 5.41) is 13.6. The topological polar surface area (TPSA) is 94.9 Å². The Morgan fingerprint density at radius 3 is 2.70 bits per heavy atom. The highest BCUT2D eigenvalue weighted by atomic mass is 35.5. The fourth-order valence-corrected chi connectivity index (χ4v) is 3.06. The average Bonchev–Trinajstić information content (AvgIpc) is 3.01. The first-order valence-corrected chi connectivity index (χ1v) is 8.95. The second-order valence-electron chi connectivity index (χ2n) is 5.76. The predicted octanol–water partition coefficient (Wildman–Crippen LogP) is 4.06. The lowest BCUT2D eigenvalue weighted by Gasteiger charge is -2.15. The van der Waals surface area contributed by atoms with Crippen LogP contribution in [0.15, 0.2) is 40.2 Å². The smallest absolute Gasteiger partial charge is 0.343 e. The molecule has 0 bridgehead atoms. The minimum atomic E-state index is -0.532. The summed E-state index contributed by atoms with van der Waals surface area (Å²) in [6.45, 7) is 3.81. The van der Waals surface area contributed by atoms with E-state index in [1.807, 2.05) is 13.0 Å². The molecule has 7 nitrogen and oxygen atoms in total. The molecule has 0 unspecified atom stereocenters. The minimum Gasteiger partial charge on any atom is -0.462 e. The van der Waals surface area contributed by atoms with Crippen molar-refractivity contribution in [3.8, 4) is 0 Å². The highest BCUT2D eigenvalue weighted by Crippen LogP contribution is 2.29. The Morgan fingerprint density at radius 1 is 1.33 bits per heavy atom. The highest BCUT2D eigenvalue weighted by Gasteiger charge is 2.22. The van der Waals surface area contributed by atoms with Crippen LogP contribution in [0.5, 0.6) is 0 Å². The summed E-state index contributed by atoms with van der Waals surface area (Å²) in [6.07, 6.45) is 3.62. The lowest BCUT2D eigenvalue weighted by molar-refractivity contribution is 0.0527. The third kappa shape index (κ3) is 3.89. The molecule has 1 aliphatic rings. The molecule has 0 amide bonds. The maximum Gasteiger partial charge on any atom is 0.343 e. The van der Waals surface area contributed by atoms with Gasteiger partial charge in [-0.3, -0.25) is 0 Å². The second-order valence-corrected chi connectivity index (χ2v) is 6.57. The van der Waals surface area contributed by atoms with Gasteiger partial charge in [0.1, 0.15) is 11.4 Å². The molecule has 0 radical (unpaired) electrons. The van der Waals surface area contributed by atoms with Crippen LogP contribution in [0.25, 0.3) is 6.08 Å². The van der Waals surface area contributed by atoms with Crippen LogP contribution in [-0.2, 0) is 4.74 Å². The van der Waals surface area contributed by atoms with E-state index in [1.54, 1.807) is 25.1 Å². The fourth-order valence-electron chi connectivity index (χ4n) is 2.56. The number of rotatable bonds is 3. The van der Waals surface area contributed by atoms with E-state index in [4.69, 9.17) is 33.7 Å². The molecule has 0 aliphatic carbocycles. The minimum absolute atomic E-state index is 0.150. The van der Waals surface area contributed by atoms with Crippen LogP contribution in [0.1, 0.15) is 36.2 Å². The van der Waals surface area contributed by atoms with Gasteiger partial charge in [0.15, 0.2) is 5.84 Å². The molecule has 3 rings (SSSR count). The number of nitrogens with two attached hydrogens (primary N) is 1. The monoisotopic (exact) mass is 405 g/mol. The molecule has 2 heterocycles. The highest BCUT2D eigenvalue weighted by molar-refractivity contribution is 6.37. The maximum absolute atomic E-state index is 11.9. The number of benzene rings is 1. The van der Waals surface area contributed by atoms with Gasteiger partial charge in [-0.25, -0.2) is 9.48 Å². The molecule has 0 saturated heterocycles. The van der Waals surface area contributed by atoms with Crippen molar-refractivity contribution in [2.24, 2.45) is 10.2 Å². The summed E-state index contributed by atoms with van der Waals surface area (Å²) in [6, 6.07) is 5.31. The van der Waals surface area contributed by atoms with Gasteiger partial charge in [0.25, 0.3) is 0 Å². The third-order valence-electron chi connectivity index (χ3n) is 3.99. The number of nitrogens with zero attached hydrogens (tertiary/aromatic N) is 4. The Morgan fingerprint density at radius 2 is 2.04 bits per heavy atom. The van der Waals surface area contributed by atoms with Crippen molar-refractivity contribution in [3.63, 3.8) is 0 Å². The number of halogens is 2. The predicted molar refractivity (Wildman–Crippen MR) is 108 cm³/mol. The van der Waals surface area contributed by atoms with Gasteiger partial charge in [0, 0.05) is 22.0 Å². The zero-order valence-electron chi connectivity index (χ0n) is 14.7. The van der Waals surface area contributed by atoms with Crippen LogP contribution in [-0.4, -0.2) is 33.9 Å². The molecule has 0 atom stereocenters. The van der Waals surface area contributed by atoms with E-state index in [2.05, 4.69) is 15.3 Å². The number of esters is 1. The van der Waals surface area contributed by atoms with Crippen molar-refractivity contribution in [2.45, 2.75) is 20.3 Å². The zero-order valence-corrected chi connectivity index (χ0v) is 16.3. The van der Waals surface area contributed by atoms with Crippen LogP contribution in [0.4, 0.5) is 5.82 Å². The largest absolute Gasteiger partial charge is 0.462 e. The summed E-state index contributed by atoms with van der Waals surface area (Å²) in [7, 11) is 0. The van der Waals surface area contributed by atoms with Crippen molar-refractivity contribution in [1.82, 2.24) is 9.78 Å². The molecule has 0 fully saturated rings. The Hall–Kier alpha value is -2.64. The van der Waals surface area contributed by atoms with E-state index < -0.39 is 5.97 Å². The summed E-state index contributed by atoms with van der Waals surface area (Å²) >= 11 is 12.5. The number of carbonyl (C=O) groups excluding carboxylic acids is 1. The molecule has 1 aliphatic heterocycles. The molecular formula is C18H17Cl2N5O2. The Balaban J connectivity index is 1.95. The second kappa shape index (κ2) is 7.94. The molecule has 2 N–H and O–H groups in total. The summed E-state index contributed by atoms with van der Waals surface area (Å²) in [5.74, 6) is 0.0936. The van der Waals surface area contributed by atoms with Crippen molar-refractivity contribution < 1.29 is 9.53 Å². The molecule has 0 saturated carbocycles. The van der Waals surface area contributed by atoms with E-state index in [0.717, 1.165) is 11.3 Å². The number of anilines is 1. The molecule has 2 aromatic rings. The van der Waals surface area contributed by atoms with Crippen LogP contribution < -0.4 is 5.73 Å². The SMILES string of the molecule is CCOC(=O)c1cnn(C2=NN=C(C)/C(=C/c3c(Cl)cccc3Cl)C2)c1N. The van der Waals surface area contributed by atoms with Gasteiger partial charge in [0.05, 0.1) is 18.5 Å². The van der Waals surface area contributed by atoms with Crippen molar-refractivity contribution >= 4 is 52.6 Å². The van der Waals surface area contributed by atoms with E-state index in [0.29, 0.717) is 27.9 Å². The van der Waals surface area contributed by atoms with Gasteiger partial charge in [-0.1, -0.05) is 29.3 Å². The Bertz CT molecular complexity index is 971. The first-order chi connectivity index (χ1) is 12.9. The Labute approximate surface area is 166 Å². The number of aromatic nitrogens is 2. The molecular weight excluding hydrogens is 389 g/mol. The standard InChI is InChI=1S/C18H17Cl2N5O2/c1-3-27-18(26)13-9-22-25(17(13)21)16-8-11(10(2)23-24-16)7-12-14(19)5-4-6-15(12)20/h4-7,9H,3,8,21H2,1-2H3/b11-7+. The molecule has 1 aromatic carbocycles. The molecule has 140 valence electrons. The number of hydrogen-bond acceptors (Lipinski definition) is 6. The van der Waals surface area contributed by atoms with E-state index >= 15 is 0 Å². The van der Waals surface area contributed by atoms with Crippen LogP contribution in [0.2, 0.25) is 10.0 Å². The molecule has 27 heavy (non-hydrogen) atoms. The summed E-state index contributed by atoms with van der Waals surface area (Å²) in [4.78, 5) is 11.9. The van der Waals surface area contributed by atoms with Crippen molar-refractivity contribution in [1.29, 1.82) is 0 Å². The van der Waals surface area contributed by atoms with Crippen molar-refractivity contribution in [2.75, 3.05) is 12.3 Å². The molecule has 9 heteroatoms. The van der Waals surface area contributed by atoms with E-state index in [9.17, 15) is 4.79 Å². The number of ether oxygens (including phenoxy) is 1. The maximum atomic E-state index is 11.9. The summed E-state index contributed by atoms with van der Waals surface area (Å²) < 4.78 is 6.35. The average molecular weight is 406 g/mol. The third-order valence-corrected chi connectivity index (χ3v) is 4.65. The van der Waals surface area contributed by atoms with Crippen LogP contribution in [0.3, 0.4) is 0 Å². The lowest BCUT2D eigenvalue weighted by atomic mass is 10.0. The normalized spacial score (nSPS) is 15.5. The van der Waals surface area contributed by atoms with E-state index in [-0.39, 0.29) is 18.0 Å². The summed E-state index contributed by atoms with van der Waals surface area (Å²) in [5.41, 5.74) is 8.53. The van der Waals surface area contributed by atoms with Crippen LogP contribution >= 0.6 is 23.2 Å². The van der Waals surface area contributed by atoms with Gasteiger partial charge in [0.2, 0.25) is 0 Å². The molecule has 0 spiro atoms. The number of allylic oxidation sites excluding steroid dienone is 1. The van der Waals surface area contributed by atoms with Gasteiger partial charge in [-0.2, -0.15) is 10.2 Å². The zero-order chi connectivity index (χ0) is 19.6. The molecule has 1 aromatic heterocycles. The van der Waals surface area contributed by atoms with Gasteiger partial charge in [-0.05, 0) is 37.6 Å². The van der Waals surface area contributed by atoms with Crippen molar-refractivity contribution in [3.05, 3.63) is 51.1 Å². The number of hydrogen-bond donors (Lipinski definition) is 1. The first-order valence-electron chi connectivity index (χ1n) is 8.19. The fraction of sp³-hybridized carbons (Fsp3) is 0.222. The first kappa shape index (κ1) is 19.1. The van der Waals surface area contributed by atoms with Gasteiger partial charge >= 0.3 is 5.97 Å². The van der Waals surface area contributed by atoms with Gasteiger partial charge < -0.3 is 10.5 Å². The Kier molecular flexibility index (Phi) is 5.62. The number of nitrogen functional groups attached to an aromatic ring is 1. The number of carbonyl (C=O) groups is 1.